The van der Waals surface area contributed by atoms with Gasteiger partial charge in [-0.3, -0.25) is 9.59 Å². The maximum atomic E-state index is 12.1. The van der Waals surface area contributed by atoms with Crippen molar-refractivity contribution in [2.45, 2.75) is 56.6 Å². The molecule has 0 heterocycles. The van der Waals surface area contributed by atoms with Crippen LogP contribution in [0.4, 0.5) is 0 Å². The topological polar surface area (TPSA) is 78.4 Å². The van der Waals surface area contributed by atoms with Crippen molar-refractivity contribution in [3.63, 3.8) is 0 Å². The third-order valence-corrected chi connectivity index (χ3v) is 5.23. The lowest BCUT2D eigenvalue weighted by Gasteiger charge is -2.60. The Bertz CT molecular complexity index is 486. The molecular weight excluding hydrogens is 268 g/mol. The van der Waals surface area contributed by atoms with Gasteiger partial charge < -0.3 is 15.7 Å². The molecule has 0 radical (unpaired) electrons. The zero-order valence-electron chi connectivity index (χ0n) is 12.6. The molecule has 0 saturated heterocycles. The van der Waals surface area contributed by atoms with Gasteiger partial charge in [0.1, 0.15) is 0 Å². The highest BCUT2D eigenvalue weighted by Gasteiger charge is 2.57. The highest BCUT2D eigenvalue weighted by molar-refractivity contribution is 5.94. The maximum absolute atomic E-state index is 12.1. The molecule has 4 aliphatic rings. The molecule has 4 bridgehead atoms. The highest BCUT2D eigenvalue weighted by atomic mass is 16.3. The number of carbonyl (C=O) groups is 2. The first-order valence-electron chi connectivity index (χ1n) is 7.76. The van der Waals surface area contributed by atoms with Gasteiger partial charge in [0.05, 0.1) is 12.1 Å². The average molecular weight is 292 g/mol. The highest BCUT2D eigenvalue weighted by Crippen LogP contribution is 2.57. The molecule has 5 heteroatoms. The van der Waals surface area contributed by atoms with Gasteiger partial charge in [-0.2, -0.15) is 0 Å². The molecule has 2 atom stereocenters. The van der Waals surface area contributed by atoms with Crippen LogP contribution in [0.15, 0.2) is 12.2 Å². The number of rotatable bonds is 4. The van der Waals surface area contributed by atoms with Gasteiger partial charge >= 0.3 is 0 Å². The zero-order chi connectivity index (χ0) is 15.3. The molecule has 5 nitrogen and oxygen atoms in total. The molecule has 3 N–H and O–H groups in total. The Morgan fingerprint density at radius 1 is 1.24 bits per heavy atom. The molecule has 0 spiro atoms. The summed E-state index contributed by atoms with van der Waals surface area (Å²) in [6.07, 6.45) is 5.54. The second kappa shape index (κ2) is 4.83. The summed E-state index contributed by atoms with van der Waals surface area (Å²) in [6.45, 7) is 5.13. The van der Waals surface area contributed by atoms with Crippen molar-refractivity contribution in [2.24, 2.45) is 11.8 Å². The largest absolute Gasteiger partial charge is 0.390 e. The fourth-order valence-corrected chi connectivity index (χ4v) is 5.01. The van der Waals surface area contributed by atoms with Gasteiger partial charge in [-0.15, -0.1) is 0 Å². The van der Waals surface area contributed by atoms with Gasteiger partial charge in [0.25, 0.3) is 0 Å². The monoisotopic (exact) mass is 292 g/mol. The van der Waals surface area contributed by atoms with E-state index in [1.807, 2.05) is 0 Å². The molecule has 4 fully saturated rings. The van der Waals surface area contributed by atoms with Crippen LogP contribution in [0, 0.1) is 11.8 Å². The lowest BCUT2D eigenvalue weighted by molar-refractivity contribution is -0.150. The maximum Gasteiger partial charge on any atom is 0.246 e. The minimum Gasteiger partial charge on any atom is -0.390 e. The molecule has 2 amide bonds. The molecular formula is C16H24N2O3. The summed E-state index contributed by atoms with van der Waals surface area (Å²) in [5.41, 5.74) is -0.450. The number of aliphatic hydroxyl groups is 1. The van der Waals surface area contributed by atoms with Gasteiger partial charge in [0.2, 0.25) is 11.8 Å². The number of amides is 2. The van der Waals surface area contributed by atoms with Gasteiger partial charge in [-0.1, -0.05) is 6.58 Å². The van der Waals surface area contributed by atoms with Crippen LogP contribution < -0.4 is 10.6 Å². The number of hydrogen-bond donors (Lipinski definition) is 3. The minimum absolute atomic E-state index is 0.0266. The van der Waals surface area contributed by atoms with Crippen molar-refractivity contribution in [2.75, 3.05) is 6.54 Å². The van der Waals surface area contributed by atoms with E-state index in [-0.39, 0.29) is 23.9 Å². The van der Waals surface area contributed by atoms with E-state index in [0.717, 1.165) is 25.7 Å². The summed E-state index contributed by atoms with van der Waals surface area (Å²) >= 11 is 0. The molecule has 116 valence electrons. The zero-order valence-corrected chi connectivity index (χ0v) is 12.6. The van der Waals surface area contributed by atoms with Gasteiger partial charge in [-0.25, -0.2) is 0 Å². The third-order valence-electron chi connectivity index (χ3n) is 5.23. The predicted molar refractivity (Wildman–Crippen MR) is 78.3 cm³/mol. The van der Waals surface area contributed by atoms with Gasteiger partial charge in [0.15, 0.2) is 0 Å². The molecule has 0 aromatic carbocycles. The van der Waals surface area contributed by atoms with Crippen molar-refractivity contribution in [3.05, 3.63) is 12.2 Å². The Labute approximate surface area is 125 Å². The van der Waals surface area contributed by atoms with Crippen molar-refractivity contribution in [1.82, 2.24) is 10.6 Å². The third kappa shape index (κ3) is 2.84. The smallest absolute Gasteiger partial charge is 0.246 e. The van der Waals surface area contributed by atoms with E-state index in [9.17, 15) is 14.7 Å². The molecule has 0 aliphatic heterocycles. The lowest BCUT2D eigenvalue weighted by Crippen LogP contribution is -2.66. The molecule has 4 aliphatic carbocycles. The summed E-state index contributed by atoms with van der Waals surface area (Å²) in [4.78, 5) is 23.6. The Morgan fingerprint density at radius 2 is 1.86 bits per heavy atom. The lowest BCUT2D eigenvalue weighted by atomic mass is 9.51. The Balaban J connectivity index is 1.61. The van der Waals surface area contributed by atoms with E-state index in [0.29, 0.717) is 23.8 Å². The average Bonchev–Trinajstić information content (AvgIpc) is 2.31. The van der Waals surface area contributed by atoms with Crippen molar-refractivity contribution >= 4 is 11.8 Å². The molecule has 0 aromatic rings. The first-order chi connectivity index (χ1) is 9.79. The van der Waals surface area contributed by atoms with Crippen LogP contribution in [0.5, 0.6) is 0 Å². The quantitative estimate of drug-likeness (QED) is 0.673. The van der Waals surface area contributed by atoms with Crippen molar-refractivity contribution in [3.8, 4) is 0 Å². The van der Waals surface area contributed by atoms with E-state index >= 15 is 0 Å². The van der Waals surface area contributed by atoms with Crippen LogP contribution in [0.3, 0.4) is 0 Å². The molecule has 4 rings (SSSR count). The Morgan fingerprint density at radius 3 is 2.38 bits per heavy atom. The van der Waals surface area contributed by atoms with Gasteiger partial charge in [0, 0.05) is 11.1 Å². The van der Waals surface area contributed by atoms with Crippen LogP contribution in [0.25, 0.3) is 0 Å². The Hall–Kier alpha value is -1.36. The summed E-state index contributed by atoms with van der Waals surface area (Å²) in [5, 5.41) is 16.3. The number of hydrogen-bond acceptors (Lipinski definition) is 3. The minimum atomic E-state index is -0.585. The predicted octanol–water partition coefficient (Wildman–Crippen LogP) is 0.879. The van der Waals surface area contributed by atoms with Crippen molar-refractivity contribution in [1.29, 1.82) is 0 Å². The van der Waals surface area contributed by atoms with E-state index in [4.69, 9.17) is 0 Å². The normalized spacial score (nSPS) is 39.9. The SMILES string of the molecule is C=C(C)C(=O)NCC(=O)NC12CC3CC(CC(O)(C3)C1)C2. The first kappa shape index (κ1) is 14.6. The first-order valence-corrected chi connectivity index (χ1v) is 7.76. The number of carbonyl (C=O) groups excluding carboxylic acids is 2. The molecule has 21 heavy (non-hydrogen) atoms. The van der Waals surface area contributed by atoms with Crippen LogP contribution in [0.1, 0.15) is 45.4 Å². The molecule has 0 aromatic heterocycles. The van der Waals surface area contributed by atoms with Crippen LogP contribution >= 0.6 is 0 Å². The molecule has 2 unspecified atom stereocenters. The van der Waals surface area contributed by atoms with E-state index in [2.05, 4.69) is 17.2 Å². The van der Waals surface area contributed by atoms with E-state index in [1.165, 1.54) is 6.42 Å². The molecule has 4 saturated carbocycles. The summed E-state index contributed by atoms with van der Waals surface area (Å²) in [7, 11) is 0. The van der Waals surface area contributed by atoms with Crippen LogP contribution in [0.2, 0.25) is 0 Å². The second-order valence-corrected chi connectivity index (χ2v) is 7.48. The fourth-order valence-electron chi connectivity index (χ4n) is 5.01. The standard InChI is InChI=1S/C16H24N2O3/c1-10(2)14(20)17-8-13(19)18-15-4-11-3-12(5-15)7-16(21,6-11)9-15/h11-12,21H,1,3-9H2,2H3,(H,17,20)(H,18,19). The fraction of sp³-hybridized carbons (Fsp3) is 0.750. The van der Waals surface area contributed by atoms with E-state index < -0.39 is 5.60 Å². The summed E-state index contributed by atoms with van der Waals surface area (Å²) in [6, 6.07) is 0. The van der Waals surface area contributed by atoms with Gasteiger partial charge in [-0.05, 0) is 57.3 Å². The van der Waals surface area contributed by atoms with E-state index in [1.54, 1.807) is 6.92 Å². The van der Waals surface area contributed by atoms with Crippen molar-refractivity contribution < 1.29 is 14.7 Å². The Kier molecular flexibility index (Phi) is 3.35. The number of nitrogens with one attached hydrogen (secondary N) is 2. The summed E-state index contributed by atoms with van der Waals surface area (Å²) < 4.78 is 0. The summed E-state index contributed by atoms with van der Waals surface area (Å²) in [5.74, 6) is 0.590. The second-order valence-electron chi connectivity index (χ2n) is 7.48. The van der Waals surface area contributed by atoms with Crippen LogP contribution in [-0.2, 0) is 9.59 Å². The van der Waals surface area contributed by atoms with Crippen LogP contribution in [-0.4, -0.2) is 34.6 Å².